The second-order valence-corrected chi connectivity index (χ2v) is 6.93. The van der Waals surface area contributed by atoms with Crippen molar-refractivity contribution >= 4 is 6.09 Å². The van der Waals surface area contributed by atoms with Crippen LogP contribution in [0.3, 0.4) is 0 Å². The molecule has 0 saturated carbocycles. The van der Waals surface area contributed by atoms with Crippen LogP contribution in [-0.2, 0) is 4.74 Å². The smallest absolute Gasteiger partial charge is 0.409 e. The first-order valence-electron chi connectivity index (χ1n) is 8.98. The fourth-order valence-corrected chi connectivity index (χ4v) is 4.11. The normalized spacial score (nSPS) is 18.7. The number of ether oxygens (including phenoxy) is 1. The van der Waals surface area contributed by atoms with Crippen LogP contribution in [0.25, 0.3) is 11.1 Å². The number of hydrogen-bond donors (Lipinski definition) is 0. The summed E-state index contributed by atoms with van der Waals surface area (Å²) in [5.41, 5.74) is 5.02. The van der Waals surface area contributed by atoms with Gasteiger partial charge in [0.05, 0.1) is 0 Å². The van der Waals surface area contributed by atoms with Gasteiger partial charge in [-0.05, 0) is 41.0 Å². The average molecular weight is 333 g/mol. The molecule has 2 aromatic rings. The third-order valence-electron chi connectivity index (χ3n) is 5.38. The van der Waals surface area contributed by atoms with Crippen molar-refractivity contribution in [3.8, 4) is 11.1 Å². The Balaban J connectivity index is 1.46. The van der Waals surface area contributed by atoms with Crippen molar-refractivity contribution < 1.29 is 9.53 Å². The van der Waals surface area contributed by atoms with Crippen LogP contribution < -0.4 is 0 Å². The molecule has 1 fully saturated rings. The number of carbonyl (C=O) groups is 1. The Bertz CT molecular complexity index is 753. The number of carbonyl (C=O) groups excluding carboxylic acids is 1. The molecule has 3 nitrogen and oxygen atoms in total. The third-order valence-corrected chi connectivity index (χ3v) is 5.38. The second-order valence-electron chi connectivity index (χ2n) is 6.93. The molecule has 2 aromatic carbocycles. The van der Waals surface area contributed by atoms with Crippen molar-refractivity contribution in [2.45, 2.75) is 18.8 Å². The van der Waals surface area contributed by atoms with Gasteiger partial charge in [0.15, 0.2) is 0 Å². The van der Waals surface area contributed by atoms with Crippen molar-refractivity contribution in [1.82, 2.24) is 4.90 Å². The number of hydrogen-bond acceptors (Lipinski definition) is 2. The molecular formula is C22H23NO2. The van der Waals surface area contributed by atoms with E-state index in [4.69, 9.17) is 4.74 Å². The highest BCUT2D eigenvalue weighted by molar-refractivity contribution is 5.79. The van der Waals surface area contributed by atoms with Crippen LogP contribution in [0.15, 0.2) is 61.2 Å². The molecule has 1 aliphatic carbocycles. The van der Waals surface area contributed by atoms with E-state index in [1.54, 1.807) is 0 Å². The zero-order valence-electron chi connectivity index (χ0n) is 14.4. The van der Waals surface area contributed by atoms with Crippen molar-refractivity contribution in [3.05, 3.63) is 72.3 Å². The Morgan fingerprint density at radius 3 is 2.40 bits per heavy atom. The minimum absolute atomic E-state index is 0.128. The van der Waals surface area contributed by atoms with Crippen molar-refractivity contribution in [2.75, 3.05) is 19.7 Å². The lowest BCUT2D eigenvalue weighted by Gasteiger charge is -2.19. The van der Waals surface area contributed by atoms with Gasteiger partial charge in [-0.1, -0.05) is 54.6 Å². The summed E-state index contributed by atoms with van der Waals surface area (Å²) in [4.78, 5) is 14.3. The number of fused-ring (bicyclic) bond motifs is 3. The van der Waals surface area contributed by atoms with Crippen LogP contribution in [0.5, 0.6) is 0 Å². The average Bonchev–Trinajstić information content (AvgIpc) is 3.23. The largest absolute Gasteiger partial charge is 0.448 e. The molecule has 1 unspecified atom stereocenters. The van der Waals surface area contributed by atoms with E-state index in [1.165, 1.54) is 22.3 Å². The highest BCUT2D eigenvalue weighted by Gasteiger charge is 2.31. The summed E-state index contributed by atoms with van der Waals surface area (Å²) in [6, 6.07) is 16.8. The Hall–Kier alpha value is -2.55. The zero-order chi connectivity index (χ0) is 17.2. The molecule has 1 atom stereocenters. The number of benzene rings is 2. The van der Waals surface area contributed by atoms with Gasteiger partial charge in [-0.25, -0.2) is 4.79 Å². The van der Waals surface area contributed by atoms with Gasteiger partial charge in [0, 0.05) is 19.0 Å². The van der Waals surface area contributed by atoms with Gasteiger partial charge in [-0.2, -0.15) is 0 Å². The maximum atomic E-state index is 12.5. The van der Waals surface area contributed by atoms with Crippen LogP contribution in [0, 0.1) is 5.92 Å². The maximum absolute atomic E-state index is 12.5. The number of amides is 1. The van der Waals surface area contributed by atoms with E-state index in [2.05, 4.69) is 55.1 Å². The van der Waals surface area contributed by atoms with Crippen LogP contribution in [-0.4, -0.2) is 30.7 Å². The fourth-order valence-electron chi connectivity index (χ4n) is 4.11. The molecule has 2 aliphatic rings. The number of likely N-dealkylation sites (tertiary alicyclic amines) is 1. The molecule has 0 aromatic heterocycles. The minimum Gasteiger partial charge on any atom is -0.448 e. The van der Waals surface area contributed by atoms with Crippen molar-refractivity contribution in [1.29, 1.82) is 0 Å². The standard InChI is InChI=1S/C22H23NO2/c1-2-7-16-12-13-23(14-16)22(24)25-15-21-19-10-5-3-8-17(19)18-9-4-6-11-20(18)21/h2-6,8-11,16,21H,1,7,12-15H2. The third kappa shape index (κ3) is 2.95. The van der Waals surface area contributed by atoms with Gasteiger partial charge in [-0.15, -0.1) is 6.58 Å². The summed E-state index contributed by atoms with van der Waals surface area (Å²) >= 11 is 0. The van der Waals surface area contributed by atoms with Crippen LogP contribution >= 0.6 is 0 Å². The van der Waals surface area contributed by atoms with E-state index in [1.807, 2.05) is 11.0 Å². The first-order valence-corrected chi connectivity index (χ1v) is 8.98. The number of rotatable bonds is 4. The Morgan fingerprint density at radius 1 is 1.12 bits per heavy atom. The summed E-state index contributed by atoms with van der Waals surface area (Å²) in [7, 11) is 0. The molecule has 1 heterocycles. The van der Waals surface area contributed by atoms with Crippen molar-refractivity contribution in [3.63, 3.8) is 0 Å². The quantitative estimate of drug-likeness (QED) is 0.750. The molecule has 0 spiro atoms. The van der Waals surface area contributed by atoms with Gasteiger partial charge >= 0.3 is 6.09 Å². The summed E-state index contributed by atoms with van der Waals surface area (Å²) in [5, 5.41) is 0. The molecule has 25 heavy (non-hydrogen) atoms. The highest BCUT2D eigenvalue weighted by atomic mass is 16.6. The van der Waals surface area contributed by atoms with Crippen molar-refractivity contribution in [2.24, 2.45) is 5.92 Å². The van der Waals surface area contributed by atoms with E-state index >= 15 is 0 Å². The molecule has 1 saturated heterocycles. The summed E-state index contributed by atoms with van der Waals surface area (Å²) < 4.78 is 5.71. The Labute approximate surface area is 148 Å². The summed E-state index contributed by atoms with van der Waals surface area (Å²) in [6.07, 6.45) is 3.75. The van der Waals surface area contributed by atoms with E-state index in [-0.39, 0.29) is 12.0 Å². The maximum Gasteiger partial charge on any atom is 0.409 e. The van der Waals surface area contributed by atoms with Crippen LogP contribution in [0.2, 0.25) is 0 Å². The predicted molar refractivity (Wildman–Crippen MR) is 99.6 cm³/mol. The highest BCUT2D eigenvalue weighted by Crippen LogP contribution is 2.44. The fraction of sp³-hybridized carbons (Fsp3) is 0.318. The zero-order valence-corrected chi connectivity index (χ0v) is 14.4. The lowest BCUT2D eigenvalue weighted by atomic mass is 9.98. The SMILES string of the molecule is C=CCC1CCN(C(=O)OCC2c3ccccc3-c3ccccc32)C1. The van der Waals surface area contributed by atoms with E-state index in [0.29, 0.717) is 12.5 Å². The molecule has 0 radical (unpaired) electrons. The van der Waals surface area contributed by atoms with Crippen LogP contribution in [0.4, 0.5) is 4.79 Å². The lowest BCUT2D eigenvalue weighted by Crippen LogP contribution is -2.30. The molecule has 0 N–H and O–H groups in total. The Morgan fingerprint density at radius 2 is 1.76 bits per heavy atom. The summed E-state index contributed by atoms with van der Waals surface area (Å²) in [5.74, 6) is 0.654. The molecule has 4 rings (SSSR count). The number of allylic oxidation sites excluding steroid dienone is 1. The van der Waals surface area contributed by atoms with Gasteiger partial charge in [-0.3, -0.25) is 0 Å². The monoisotopic (exact) mass is 333 g/mol. The molecular weight excluding hydrogens is 310 g/mol. The number of nitrogens with zero attached hydrogens (tertiary/aromatic N) is 1. The molecule has 1 aliphatic heterocycles. The topological polar surface area (TPSA) is 29.5 Å². The van der Waals surface area contributed by atoms with Gasteiger partial charge < -0.3 is 9.64 Å². The molecule has 3 heteroatoms. The first kappa shape index (κ1) is 15.9. The molecule has 1 amide bonds. The van der Waals surface area contributed by atoms with Gasteiger partial charge in [0.25, 0.3) is 0 Å². The second kappa shape index (κ2) is 6.75. The lowest BCUT2D eigenvalue weighted by molar-refractivity contribution is 0.107. The van der Waals surface area contributed by atoms with E-state index in [9.17, 15) is 4.79 Å². The van der Waals surface area contributed by atoms with Crippen LogP contribution in [0.1, 0.15) is 29.9 Å². The van der Waals surface area contributed by atoms with Gasteiger partial charge in [0.2, 0.25) is 0 Å². The predicted octanol–water partition coefficient (Wildman–Crippen LogP) is 4.83. The van der Waals surface area contributed by atoms with E-state index in [0.717, 1.165) is 25.9 Å². The molecule has 0 bridgehead atoms. The Kier molecular flexibility index (Phi) is 4.31. The first-order chi connectivity index (χ1) is 12.3. The van der Waals surface area contributed by atoms with E-state index < -0.39 is 0 Å². The summed E-state index contributed by atoms with van der Waals surface area (Å²) in [6.45, 7) is 5.76. The minimum atomic E-state index is -0.187. The van der Waals surface area contributed by atoms with Gasteiger partial charge in [0.1, 0.15) is 6.61 Å². The molecule has 128 valence electrons.